The van der Waals surface area contributed by atoms with Crippen molar-refractivity contribution in [3.63, 3.8) is 0 Å². The highest BCUT2D eigenvalue weighted by atomic mass is 32.2. The fraction of sp³-hybridized carbons (Fsp3) is 0.789. The summed E-state index contributed by atoms with van der Waals surface area (Å²) in [4.78, 5) is 29.0. The molecule has 0 spiro atoms. The number of aliphatic hydroxyl groups is 1. The molecule has 0 bridgehead atoms. The Morgan fingerprint density at radius 2 is 2.19 bits per heavy atom. The highest BCUT2D eigenvalue weighted by Gasteiger charge is 2.60. The van der Waals surface area contributed by atoms with Gasteiger partial charge in [-0.1, -0.05) is 6.92 Å². The molecule has 3 saturated heterocycles. The molecule has 4 aliphatic rings. The molecular formula is C19H29N3O4S. The van der Waals surface area contributed by atoms with E-state index in [0.717, 1.165) is 37.5 Å². The molecule has 1 unspecified atom stereocenters. The Morgan fingerprint density at radius 1 is 1.41 bits per heavy atom. The number of thioether (sulfide) groups is 1. The molecule has 4 heterocycles. The van der Waals surface area contributed by atoms with Crippen LogP contribution in [0.2, 0.25) is 0 Å². The molecule has 7 nitrogen and oxygen atoms in total. The van der Waals surface area contributed by atoms with E-state index < -0.39 is 18.0 Å². The summed E-state index contributed by atoms with van der Waals surface area (Å²) in [7, 11) is 0. The highest BCUT2D eigenvalue weighted by Crippen LogP contribution is 2.51. The SMILES string of the molecule is CC(O)[C@H]1C(=O)N2C(C(=O)O)=C(S[C@@H]3CCN(C[C@H]4CCCN4)C3)[C@H](C)[C@H]12. The van der Waals surface area contributed by atoms with Gasteiger partial charge in [0.2, 0.25) is 5.91 Å². The summed E-state index contributed by atoms with van der Waals surface area (Å²) >= 11 is 1.65. The Hall–Kier alpha value is -1.09. The first-order valence-corrected chi connectivity index (χ1v) is 10.9. The second kappa shape index (κ2) is 7.39. The Kier molecular flexibility index (Phi) is 5.26. The summed E-state index contributed by atoms with van der Waals surface area (Å²) in [5.41, 5.74) is 0.148. The second-order valence-electron chi connectivity index (χ2n) is 8.35. The third kappa shape index (κ3) is 3.30. The van der Waals surface area contributed by atoms with Crippen LogP contribution in [-0.4, -0.2) is 81.5 Å². The molecule has 1 amide bonds. The van der Waals surface area contributed by atoms with Gasteiger partial charge in [-0.2, -0.15) is 0 Å². The van der Waals surface area contributed by atoms with Gasteiger partial charge in [0, 0.05) is 35.2 Å². The minimum absolute atomic E-state index is 0.0380. The summed E-state index contributed by atoms with van der Waals surface area (Å²) in [5.74, 6) is -1.81. The van der Waals surface area contributed by atoms with Gasteiger partial charge < -0.3 is 25.3 Å². The Labute approximate surface area is 164 Å². The second-order valence-corrected chi connectivity index (χ2v) is 9.70. The van der Waals surface area contributed by atoms with Crippen molar-refractivity contribution in [3.05, 3.63) is 10.6 Å². The van der Waals surface area contributed by atoms with Crippen molar-refractivity contribution in [1.82, 2.24) is 15.1 Å². The topological polar surface area (TPSA) is 93.1 Å². The lowest BCUT2D eigenvalue weighted by Gasteiger charge is -2.46. The average molecular weight is 396 g/mol. The van der Waals surface area contributed by atoms with Crippen LogP contribution in [0, 0.1) is 11.8 Å². The molecule has 3 N–H and O–H groups in total. The zero-order chi connectivity index (χ0) is 19.3. The first-order chi connectivity index (χ1) is 12.9. The number of carboxylic acids is 1. The molecule has 4 rings (SSSR count). The Balaban J connectivity index is 1.45. The average Bonchev–Trinajstić information content (AvgIpc) is 3.30. The minimum atomic E-state index is -1.03. The molecule has 0 radical (unpaired) electrons. The highest BCUT2D eigenvalue weighted by molar-refractivity contribution is 8.03. The summed E-state index contributed by atoms with van der Waals surface area (Å²) in [6, 6.07) is 0.366. The molecule has 0 aliphatic carbocycles. The fourth-order valence-electron chi connectivity index (χ4n) is 5.14. The van der Waals surface area contributed by atoms with Gasteiger partial charge in [-0.3, -0.25) is 4.79 Å². The van der Waals surface area contributed by atoms with Gasteiger partial charge in [0.25, 0.3) is 0 Å². The van der Waals surface area contributed by atoms with Gasteiger partial charge in [-0.25, -0.2) is 4.79 Å². The monoisotopic (exact) mass is 395 g/mol. The molecule has 4 aliphatic heterocycles. The molecule has 0 aromatic heterocycles. The van der Waals surface area contributed by atoms with E-state index in [1.807, 2.05) is 6.92 Å². The van der Waals surface area contributed by atoms with E-state index in [-0.39, 0.29) is 23.6 Å². The first kappa shape index (κ1) is 19.2. The molecule has 0 aromatic carbocycles. The Bertz CT molecular complexity index is 661. The van der Waals surface area contributed by atoms with Gasteiger partial charge in [-0.15, -0.1) is 11.8 Å². The van der Waals surface area contributed by atoms with Crippen molar-refractivity contribution in [3.8, 4) is 0 Å². The zero-order valence-electron chi connectivity index (χ0n) is 15.9. The van der Waals surface area contributed by atoms with Crippen molar-refractivity contribution < 1.29 is 19.8 Å². The number of rotatable bonds is 6. The number of aliphatic carboxylic acids is 1. The maximum absolute atomic E-state index is 12.4. The summed E-state index contributed by atoms with van der Waals surface area (Å²) in [6.45, 7) is 7.79. The lowest BCUT2D eigenvalue weighted by molar-refractivity contribution is -0.163. The third-order valence-electron chi connectivity index (χ3n) is 6.47. The van der Waals surface area contributed by atoms with Crippen LogP contribution < -0.4 is 5.32 Å². The van der Waals surface area contributed by atoms with Crippen molar-refractivity contribution in [2.24, 2.45) is 11.8 Å². The van der Waals surface area contributed by atoms with Crippen molar-refractivity contribution >= 4 is 23.6 Å². The number of aliphatic hydroxyl groups excluding tert-OH is 1. The van der Waals surface area contributed by atoms with E-state index in [4.69, 9.17) is 0 Å². The van der Waals surface area contributed by atoms with Crippen LogP contribution in [0.4, 0.5) is 0 Å². The predicted molar refractivity (Wildman–Crippen MR) is 103 cm³/mol. The number of likely N-dealkylation sites (tertiary alicyclic amines) is 1. The molecular weight excluding hydrogens is 366 g/mol. The van der Waals surface area contributed by atoms with Crippen molar-refractivity contribution in [2.45, 2.75) is 56.5 Å². The van der Waals surface area contributed by atoms with Crippen LogP contribution in [-0.2, 0) is 9.59 Å². The number of hydrogen-bond acceptors (Lipinski definition) is 6. The molecule has 8 heteroatoms. The van der Waals surface area contributed by atoms with Crippen LogP contribution in [0.3, 0.4) is 0 Å². The van der Waals surface area contributed by atoms with Gasteiger partial charge in [0.15, 0.2) is 0 Å². The van der Waals surface area contributed by atoms with Crippen LogP contribution in [0.25, 0.3) is 0 Å². The molecule has 150 valence electrons. The number of nitrogens with zero attached hydrogens (tertiary/aromatic N) is 2. The number of carboxylic acid groups (broad SMARTS) is 1. The number of β-lactam (4-membered cyclic amide) rings is 1. The van der Waals surface area contributed by atoms with E-state index >= 15 is 0 Å². The lowest BCUT2D eigenvalue weighted by Crippen LogP contribution is -2.63. The standard InChI is InChI=1S/C19H29N3O4S/c1-10-15-14(11(2)23)18(24)22(15)16(19(25)26)17(10)27-13-5-7-21(9-13)8-12-4-3-6-20-12/h10-15,20,23H,3-9H2,1-2H3,(H,25,26)/t10-,11?,12-,13-,14-,15-/m1/s1. The minimum Gasteiger partial charge on any atom is -0.477 e. The third-order valence-corrected chi connectivity index (χ3v) is 8.01. The van der Waals surface area contributed by atoms with Gasteiger partial charge in [-0.05, 0) is 39.3 Å². The number of hydrogen-bond donors (Lipinski definition) is 3. The summed E-state index contributed by atoms with van der Waals surface area (Å²) in [6.07, 6.45) is 2.78. The maximum atomic E-state index is 12.4. The fourth-order valence-corrected chi connectivity index (χ4v) is 6.66. The van der Waals surface area contributed by atoms with Crippen molar-refractivity contribution in [1.29, 1.82) is 0 Å². The Morgan fingerprint density at radius 3 is 2.81 bits per heavy atom. The molecule has 6 atom stereocenters. The van der Waals surface area contributed by atoms with E-state index in [9.17, 15) is 19.8 Å². The maximum Gasteiger partial charge on any atom is 0.353 e. The van der Waals surface area contributed by atoms with Gasteiger partial charge >= 0.3 is 5.97 Å². The quantitative estimate of drug-likeness (QED) is 0.570. The number of fused-ring (bicyclic) bond motifs is 1. The van der Waals surface area contributed by atoms with E-state index in [1.54, 1.807) is 18.7 Å². The number of amides is 1. The van der Waals surface area contributed by atoms with E-state index in [1.165, 1.54) is 17.7 Å². The van der Waals surface area contributed by atoms with E-state index in [0.29, 0.717) is 11.3 Å². The van der Waals surface area contributed by atoms with Crippen LogP contribution in [0.5, 0.6) is 0 Å². The number of carbonyl (C=O) groups is 2. The molecule has 0 aromatic rings. The first-order valence-electron chi connectivity index (χ1n) is 9.99. The predicted octanol–water partition coefficient (Wildman–Crippen LogP) is 0.700. The van der Waals surface area contributed by atoms with Gasteiger partial charge in [0.05, 0.1) is 18.1 Å². The van der Waals surface area contributed by atoms with Crippen LogP contribution >= 0.6 is 11.8 Å². The lowest BCUT2D eigenvalue weighted by atomic mass is 9.79. The molecule has 3 fully saturated rings. The zero-order valence-corrected chi connectivity index (χ0v) is 16.7. The van der Waals surface area contributed by atoms with E-state index in [2.05, 4.69) is 10.2 Å². The number of carbonyl (C=O) groups excluding carboxylic acids is 1. The smallest absolute Gasteiger partial charge is 0.353 e. The molecule has 27 heavy (non-hydrogen) atoms. The normalized spacial score (nSPS) is 37.7. The van der Waals surface area contributed by atoms with Crippen LogP contribution in [0.15, 0.2) is 10.6 Å². The van der Waals surface area contributed by atoms with Crippen LogP contribution in [0.1, 0.15) is 33.1 Å². The van der Waals surface area contributed by atoms with Crippen molar-refractivity contribution in [2.75, 3.05) is 26.2 Å². The van der Waals surface area contributed by atoms with Gasteiger partial charge in [0.1, 0.15) is 5.70 Å². The summed E-state index contributed by atoms with van der Waals surface area (Å²) in [5, 5.41) is 23.6. The summed E-state index contributed by atoms with van der Waals surface area (Å²) < 4.78 is 0. The largest absolute Gasteiger partial charge is 0.477 e. The molecule has 0 saturated carbocycles. The number of nitrogens with one attached hydrogen (secondary N) is 1.